The number of benzene rings is 3. The largest absolute Gasteiger partial charge is 0.493 e. The molecule has 0 radical (unpaired) electrons. The molecule has 0 atom stereocenters. The van der Waals surface area contributed by atoms with Gasteiger partial charge < -0.3 is 29.8 Å². The van der Waals surface area contributed by atoms with E-state index in [9.17, 15) is 4.79 Å². The van der Waals surface area contributed by atoms with Gasteiger partial charge in [-0.25, -0.2) is 0 Å². The average molecular weight is 513 g/mol. The predicted octanol–water partition coefficient (Wildman–Crippen LogP) is 6.32. The van der Waals surface area contributed by atoms with Crippen LogP contribution in [0, 0.1) is 0 Å². The van der Waals surface area contributed by atoms with Gasteiger partial charge in [0.25, 0.3) is 5.91 Å². The maximum absolute atomic E-state index is 13.1. The molecule has 5 aromatic rings. The summed E-state index contributed by atoms with van der Waals surface area (Å²) >= 11 is 0. The summed E-state index contributed by atoms with van der Waals surface area (Å²) in [5.41, 5.74) is 7.56. The number of nitrogens with two attached hydrogens (primary N) is 1. The molecule has 0 aliphatic heterocycles. The van der Waals surface area contributed by atoms with E-state index >= 15 is 0 Å². The summed E-state index contributed by atoms with van der Waals surface area (Å²) in [6, 6.07) is 16.3. The van der Waals surface area contributed by atoms with Crippen molar-refractivity contribution < 1.29 is 23.5 Å². The Morgan fingerprint density at radius 3 is 2.45 bits per heavy atom. The standard InChI is InChI=1S/C29H28N4O5/c1-29(2,3)25-14-26(33-38-25)32-28(34)19-8-6-7-16-11-17(9-10-18(16)19)37-27-20-12-23(35-4)24(36-5)13-22(20)31-15-21(27)30/h6-15H,30H2,1-5H3,(H,32,33,34). The highest BCUT2D eigenvalue weighted by Crippen LogP contribution is 2.40. The topological polar surface area (TPSA) is 122 Å². The number of hydrogen-bond acceptors (Lipinski definition) is 8. The van der Waals surface area contributed by atoms with Gasteiger partial charge in [-0.2, -0.15) is 0 Å². The van der Waals surface area contributed by atoms with E-state index in [1.54, 1.807) is 50.7 Å². The Morgan fingerprint density at radius 2 is 1.74 bits per heavy atom. The lowest BCUT2D eigenvalue weighted by Crippen LogP contribution is -2.13. The molecule has 5 rings (SSSR count). The van der Waals surface area contributed by atoms with Crippen molar-refractivity contribution in [1.29, 1.82) is 0 Å². The van der Waals surface area contributed by atoms with Crippen molar-refractivity contribution in [1.82, 2.24) is 10.1 Å². The molecule has 0 bridgehead atoms. The van der Waals surface area contributed by atoms with Gasteiger partial charge in [0, 0.05) is 28.5 Å². The molecule has 9 heteroatoms. The summed E-state index contributed by atoms with van der Waals surface area (Å²) in [6.45, 7) is 6.04. The summed E-state index contributed by atoms with van der Waals surface area (Å²) in [6.07, 6.45) is 1.54. The molecule has 0 spiro atoms. The molecule has 0 unspecified atom stereocenters. The monoisotopic (exact) mass is 512 g/mol. The second-order valence-corrected chi connectivity index (χ2v) is 9.84. The van der Waals surface area contributed by atoms with Crippen molar-refractivity contribution >= 4 is 39.1 Å². The van der Waals surface area contributed by atoms with Crippen molar-refractivity contribution in [2.45, 2.75) is 26.2 Å². The van der Waals surface area contributed by atoms with Gasteiger partial charge in [0.05, 0.1) is 31.6 Å². The van der Waals surface area contributed by atoms with Crippen LogP contribution in [0.25, 0.3) is 21.7 Å². The number of ether oxygens (including phenoxy) is 3. The van der Waals surface area contributed by atoms with E-state index in [0.717, 1.165) is 10.8 Å². The summed E-state index contributed by atoms with van der Waals surface area (Å²) in [5, 5.41) is 9.07. The minimum atomic E-state index is -0.288. The first-order valence-electron chi connectivity index (χ1n) is 12.0. The van der Waals surface area contributed by atoms with Crippen LogP contribution in [0.2, 0.25) is 0 Å². The molecule has 0 saturated carbocycles. The van der Waals surface area contributed by atoms with Crippen LogP contribution in [0.1, 0.15) is 36.9 Å². The molecule has 38 heavy (non-hydrogen) atoms. The van der Waals surface area contributed by atoms with Gasteiger partial charge in [0.2, 0.25) is 0 Å². The molecule has 9 nitrogen and oxygen atoms in total. The van der Waals surface area contributed by atoms with Crippen LogP contribution in [0.4, 0.5) is 11.5 Å². The Labute approximate surface area is 219 Å². The molecular formula is C29H28N4O5. The first-order valence-corrected chi connectivity index (χ1v) is 12.0. The van der Waals surface area contributed by atoms with E-state index in [-0.39, 0.29) is 11.3 Å². The third-order valence-electron chi connectivity index (χ3n) is 6.16. The van der Waals surface area contributed by atoms with Crippen LogP contribution in [0.3, 0.4) is 0 Å². The fraction of sp³-hybridized carbons (Fsp3) is 0.207. The van der Waals surface area contributed by atoms with Crippen molar-refractivity contribution in [3.05, 3.63) is 72.1 Å². The van der Waals surface area contributed by atoms with E-state index in [1.165, 1.54) is 0 Å². The smallest absolute Gasteiger partial charge is 0.257 e. The first kappa shape index (κ1) is 24.9. The van der Waals surface area contributed by atoms with Crippen LogP contribution in [0.5, 0.6) is 23.0 Å². The van der Waals surface area contributed by atoms with Crippen molar-refractivity contribution in [2.24, 2.45) is 0 Å². The number of nitrogen functional groups attached to an aromatic ring is 1. The van der Waals surface area contributed by atoms with E-state index in [4.69, 9.17) is 24.5 Å². The Hall–Kier alpha value is -4.79. The Bertz CT molecular complexity index is 1670. The number of carbonyl (C=O) groups excluding carboxylic acids is 1. The number of fused-ring (bicyclic) bond motifs is 2. The predicted molar refractivity (Wildman–Crippen MR) is 146 cm³/mol. The third-order valence-corrected chi connectivity index (χ3v) is 6.16. The highest BCUT2D eigenvalue weighted by atomic mass is 16.5. The normalized spacial score (nSPS) is 11.5. The van der Waals surface area contributed by atoms with Gasteiger partial charge in [0.1, 0.15) is 11.5 Å². The van der Waals surface area contributed by atoms with Gasteiger partial charge in [0.15, 0.2) is 23.1 Å². The highest BCUT2D eigenvalue weighted by molar-refractivity contribution is 6.12. The number of methoxy groups -OCH3 is 2. The minimum absolute atomic E-state index is 0.216. The molecule has 0 fully saturated rings. The van der Waals surface area contributed by atoms with Crippen molar-refractivity contribution in [2.75, 3.05) is 25.3 Å². The lowest BCUT2D eigenvalue weighted by Gasteiger charge is -2.15. The number of aromatic nitrogens is 2. The highest BCUT2D eigenvalue weighted by Gasteiger charge is 2.21. The molecule has 1 amide bonds. The zero-order valence-electron chi connectivity index (χ0n) is 21.8. The van der Waals surface area contributed by atoms with Crippen LogP contribution < -0.4 is 25.3 Å². The Morgan fingerprint density at radius 1 is 0.974 bits per heavy atom. The first-order chi connectivity index (χ1) is 18.2. The molecule has 2 heterocycles. The molecule has 194 valence electrons. The lowest BCUT2D eigenvalue weighted by atomic mass is 9.93. The Balaban J connectivity index is 1.46. The van der Waals surface area contributed by atoms with E-state index < -0.39 is 0 Å². The third kappa shape index (κ3) is 4.66. The zero-order valence-corrected chi connectivity index (χ0v) is 21.8. The minimum Gasteiger partial charge on any atom is -0.493 e. The number of nitrogens with one attached hydrogen (secondary N) is 1. The molecule has 3 N–H and O–H groups in total. The second kappa shape index (κ2) is 9.59. The number of carbonyl (C=O) groups is 1. The van der Waals surface area contributed by atoms with E-state index in [1.807, 2.05) is 45.0 Å². The molecule has 0 aliphatic rings. The second-order valence-electron chi connectivity index (χ2n) is 9.84. The SMILES string of the molecule is COc1cc2ncc(N)c(Oc3ccc4c(C(=O)Nc5cc(C(C)(C)C)on5)cccc4c3)c2cc1OC. The zero-order chi connectivity index (χ0) is 27.0. The molecule has 3 aromatic carbocycles. The van der Waals surface area contributed by atoms with E-state index in [2.05, 4.69) is 15.5 Å². The summed E-state index contributed by atoms with van der Waals surface area (Å²) in [7, 11) is 3.13. The number of pyridine rings is 1. The number of rotatable bonds is 6. The van der Waals surface area contributed by atoms with Crippen LogP contribution in [-0.2, 0) is 5.41 Å². The lowest BCUT2D eigenvalue weighted by molar-refractivity contribution is 0.102. The number of anilines is 2. The summed E-state index contributed by atoms with van der Waals surface area (Å²) < 4.78 is 22.5. The molecule has 2 aromatic heterocycles. The average Bonchev–Trinajstić information content (AvgIpc) is 3.38. The van der Waals surface area contributed by atoms with Gasteiger partial charge >= 0.3 is 0 Å². The maximum atomic E-state index is 13.1. The number of amides is 1. The van der Waals surface area contributed by atoms with Crippen LogP contribution >= 0.6 is 0 Å². The van der Waals surface area contributed by atoms with Crippen molar-refractivity contribution in [3.8, 4) is 23.0 Å². The fourth-order valence-electron chi connectivity index (χ4n) is 4.14. The van der Waals surface area contributed by atoms with Gasteiger partial charge in [-0.05, 0) is 41.1 Å². The molecule has 0 aliphatic carbocycles. The van der Waals surface area contributed by atoms with Crippen LogP contribution in [-0.4, -0.2) is 30.3 Å². The quantitative estimate of drug-likeness (QED) is 0.271. The Kier molecular flexibility index (Phi) is 6.28. The van der Waals surface area contributed by atoms with Gasteiger partial charge in [-0.3, -0.25) is 9.78 Å². The summed E-state index contributed by atoms with van der Waals surface area (Å²) in [4.78, 5) is 17.5. The van der Waals surface area contributed by atoms with Crippen molar-refractivity contribution in [3.63, 3.8) is 0 Å². The van der Waals surface area contributed by atoms with E-state index in [0.29, 0.717) is 56.7 Å². The van der Waals surface area contributed by atoms with Gasteiger partial charge in [-0.1, -0.05) is 38.1 Å². The van der Waals surface area contributed by atoms with Gasteiger partial charge in [-0.15, -0.1) is 0 Å². The summed E-state index contributed by atoms with van der Waals surface area (Å²) in [5.74, 6) is 2.85. The molecule has 0 saturated heterocycles. The number of nitrogens with zero attached hydrogens (tertiary/aromatic N) is 2. The number of hydrogen-bond donors (Lipinski definition) is 2. The van der Waals surface area contributed by atoms with Crippen LogP contribution in [0.15, 0.2) is 65.3 Å². The maximum Gasteiger partial charge on any atom is 0.257 e. The fourth-order valence-corrected chi connectivity index (χ4v) is 4.14. The molecular weight excluding hydrogens is 484 g/mol.